The lowest BCUT2D eigenvalue weighted by molar-refractivity contribution is 0.0693. The van der Waals surface area contributed by atoms with Crippen LogP contribution in [0.2, 0.25) is 4.34 Å². The summed E-state index contributed by atoms with van der Waals surface area (Å²) in [6.45, 7) is 1.57. The van der Waals surface area contributed by atoms with Gasteiger partial charge in [-0.2, -0.15) is 0 Å². The Morgan fingerprint density at radius 1 is 1.29 bits per heavy atom. The van der Waals surface area contributed by atoms with Gasteiger partial charge in [-0.3, -0.25) is 9.29 Å². The van der Waals surface area contributed by atoms with Crippen molar-refractivity contribution in [3.05, 3.63) is 58.7 Å². The van der Waals surface area contributed by atoms with Gasteiger partial charge in [0.05, 0.1) is 5.69 Å². The van der Waals surface area contributed by atoms with Crippen molar-refractivity contribution in [2.45, 2.75) is 11.1 Å². The Hall–Kier alpha value is -2.62. The molecular weight excluding hydrogens is 424 g/mol. The number of halogens is 1. The van der Waals surface area contributed by atoms with Crippen LogP contribution in [-0.2, 0) is 10.0 Å². The maximum atomic E-state index is 13.2. The summed E-state index contributed by atoms with van der Waals surface area (Å²) in [6, 6.07) is 8.84. The van der Waals surface area contributed by atoms with Crippen molar-refractivity contribution in [1.82, 2.24) is 4.98 Å². The zero-order valence-corrected chi connectivity index (χ0v) is 16.9. The standard InChI is InChI=1S/C18H15ClN2O5S2/c1-2-21(14-7-3-6-12(16(14)22)18(23)24)28(25,26)15-9-13(17(19)27-15)11-5-4-8-20-10-11/h3-10,22H,2H2,1H3,(H,23,24). The fourth-order valence-electron chi connectivity index (χ4n) is 2.68. The largest absolute Gasteiger partial charge is 0.505 e. The van der Waals surface area contributed by atoms with Gasteiger partial charge >= 0.3 is 5.97 Å². The van der Waals surface area contributed by atoms with Crippen molar-refractivity contribution in [2.24, 2.45) is 0 Å². The summed E-state index contributed by atoms with van der Waals surface area (Å²) in [7, 11) is -4.08. The van der Waals surface area contributed by atoms with E-state index in [1.807, 2.05) is 0 Å². The highest BCUT2D eigenvalue weighted by Crippen LogP contribution is 2.41. The molecule has 0 atom stereocenters. The van der Waals surface area contributed by atoms with Gasteiger partial charge in [-0.15, -0.1) is 11.3 Å². The third kappa shape index (κ3) is 3.56. The van der Waals surface area contributed by atoms with Gasteiger partial charge in [0.1, 0.15) is 14.1 Å². The number of para-hydroxylation sites is 1. The number of anilines is 1. The number of phenols is 1. The van der Waals surface area contributed by atoms with E-state index in [1.54, 1.807) is 31.5 Å². The van der Waals surface area contributed by atoms with Gasteiger partial charge in [-0.1, -0.05) is 23.7 Å². The second-order valence-electron chi connectivity index (χ2n) is 5.64. The molecule has 0 aliphatic heterocycles. The Labute approximate surface area is 170 Å². The maximum Gasteiger partial charge on any atom is 0.339 e. The Balaban J connectivity index is 2.10. The SMILES string of the molecule is CCN(c1cccc(C(=O)O)c1O)S(=O)(=O)c1cc(-c2cccnc2)c(Cl)s1. The van der Waals surface area contributed by atoms with Gasteiger partial charge < -0.3 is 10.2 Å². The predicted octanol–water partition coefficient (Wildman–Crippen LogP) is 4.08. The maximum absolute atomic E-state index is 13.2. The minimum Gasteiger partial charge on any atom is -0.505 e. The Kier molecular flexibility index (Phi) is 5.59. The van der Waals surface area contributed by atoms with E-state index in [9.17, 15) is 23.4 Å². The first-order valence-electron chi connectivity index (χ1n) is 8.05. The number of sulfonamides is 1. The second kappa shape index (κ2) is 7.78. The molecule has 0 unspecified atom stereocenters. The fourth-order valence-corrected chi connectivity index (χ4v) is 6.04. The molecule has 7 nitrogen and oxygen atoms in total. The number of hydrogen-bond donors (Lipinski definition) is 2. The summed E-state index contributed by atoms with van der Waals surface area (Å²) in [5, 5.41) is 19.5. The topological polar surface area (TPSA) is 108 Å². The van der Waals surface area contributed by atoms with Crippen LogP contribution in [0.25, 0.3) is 11.1 Å². The lowest BCUT2D eigenvalue weighted by atomic mass is 10.1. The molecular formula is C18H15ClN2O5S2. The summed E-state index contributed by atoms with van der Waals surface area (Å²) in [6.07, 6.45) is 3.17. The fraction of sp³-hybridized carbons (Fsp3) is 0.111. The van der Waals surface area contributed by atoms with Crippen LogP contribution in [0.5, 0.6) is 5.75 Å². The quantitative estimate of drug-likeness (QED) is 0.600. The average molecular weight is 439 g/mol. The van der Waals surface area contributed by atoms with Crippen LogP contribution < -0.4 is 4.31 Å². The summed E-state index contributed by atoms with van der Waals surface area (Å²) in [5.41, 5.74) is 0.697. The number of pyridine rings is 1. The van der Waals surface area contributed by atoms with Gasteiger partial charge in [-0.05, 0) is 31.2 Å². The zero-order chi connectivity index (χ0) is 20.5. The molecule has 0 fully saturated rings. The lowest BCUT2D eigenvalue weighted by Gasteiger charge is -2.23. The molecule has 0 amide bonds. The van der Waals surface area contributed by atoms with Crippen molar-refractivity contribution in [2.75, 3.05) is 10.8 Å². The first-order chi connectivity index (χ1) is 13.3. The molecule has 0 saturated heterocycles. The molecule has 146 valence electrons. The summed E-state index contributed by atoms with van der Waals surface area (Å²) >= 11 is 7.14. The van der Waals surface area contributed by atoms with E-state index in [4.69, 9.17) is 11.6 Å². The molecule has 0 bridgehead atoms. The first-order valence-corrected chi connectivity index (χ1v) is 10.7. The molecule has 2 aromatic heterocycles. The number of aromatic nitrogens is 1. The number of hydrogen-bond acceptors (Lipinski definition) is 6. The predicted molar refractivity (Wildman–Crippen MR) is 108 cm³/mol. The molecule has 0 radical (unpaired) electrons. The van der Waals surface area contributed by atoms with E-state index in [-0.39, 0.29) is 26.3 Å². The molecule has 10 heteroatoms. The van der Waals surface area contributed by atoms with Crippen LogP contribution in [0, 0.1) is 0 Å². The molecule has 0 aliphatic rings. The van der Waals surface area contributed by atoms with E-state index < -0.39 is 21.7 Å². The van der Waals surface area contributed by atoms with Crippen LogP contribution in [-0.4, -0.2) is 36.1 Å². The van der Waals surface area contributed by atoms with Crippen LogP contribution in [0.1, 0.15) is 17.3 Å². The number of carbonyl (C=O) groups is 1. The molecule has 3 rings (SSSR count). The van der Waals surface area contributed by atoms with Gasteiger partial charge in [0, 0.05) is 30.1 Å². The molecule has 2 N–H and O–H groups in total. The average Bonchev–Trinajstić information content (AvgIpc) is 3.06. The lowest BCUT2D eigenvalue weighted by Crippen LogP contribution is -2.30. The highest BCUT2D eigenvalue weighted by Gasteiger charge is 2.30. The number of benzene rings is 1. The monoisotopic (exact) mass is 438 g/mol. The van der Waals surface area contributed by atoms with Gasteiger partial charge in [0.15, 0.2) is 5.75 Å². The summed E-state index contributed by atoms with van der Waals surface area (Å²) in [4.78, 5) is 15.3. The summed E-state index contributed by atoms with van der Waals surface area (Å²) in [5.74, 6) is -1.97. The third-order valence-corrected chi connectivity index (χ3v) is 7.68. The Morgan fingerprint density at radius 3 is 2.64 bits per heavy atom. The minimum atomic E-state index is -4.08. The summed E-state index contributed by atoms with van der Waals surface area (Å²) < 4.78 is 27.6. The van der Waals surface area contributed by atoms with Crippen molar-refractivity contribution >= 4 is 44.6 Å². The molecule has 3 aromatic rings. The van der Waals surface area contributed by atoms with E-state index in [0.717, 1.165) is 15.6 Å². The van der Waals surface area contributed by atoms with E-state index in [2.05, 4.69) is 4.98 Å². The Bertz CT molecular complexity index is 1130. The minimum absolute atomic E-state index is 0.0172. The van der Waals surface area contributed by atoms with Gasteiger partial charge in [0.2, 0.25) is 0 Å². The zero-order valence-electron chi connectivity index (χ0n) is 14.5. The normalized spacial score (nSPS) is 11.4. The Morgan fingerprint density at radius 2 is 2.04 bits per heavy atom. The molecule has 28 heavy (non-hydrogen) atoms. The van der Waals surface area contributed by atoms with Crippen LogP contribution in [0.4, 0.5) is 5.69 Å². The molecule has 1 aromatic carbocycles. The molecule has 0 spiro atoms. The third-order valence-electron chi connectivity index (χ3n) is 3.98. The van der Waals surface area contributed by atoms with E-state index >= 15 is 0 Å². The number of thiophene rings is 1. The number of carboxylic acids is 1. The highest BCUT2D eigenvalue weighted by atomic mass is 35.5. The van der Waals surface area contributed by atoms with Crippen LogP contribution in [0.3, 0.4) is 0 Å². The first kappa shape index (κ1) is 20.1. The molecule has 2 heterocycles. The highest BCUT2D eigenvalue weighted by molar-refractivity contribution is 7.94. The number of nitrogens with zero attached hydrogens (tertiary/aromatic N) is 2. The van der Waals surface area contributed by atoms with E-state index in [1.165, 1.54) is 24.3 Å². The molecule has 0 aliphatic carbocycles. The van der Waals surface area contributed by atoms with Gasteiger partial charge in [-0.25, -0.2) is 13.2 Å². The van der Waals surface area contributed by atoms with E-state index in [0.29, 0.717) is 11.1 Å². The molecule has 0 saturated carbocycles. The number of rotatable bonds is 6. The van der Waals surface area contributed by atoms with Crippen molar-refractivity contribution < 1.29 is 23.4 Å². The van der Waals surface area contributed by atoms with Crippen molar-refractivity contribution in [3.63, 3.8) is 0 Å². The van der Waals surface area contributed by atoms with Crippen molar-refractivity contribution in [1.29, 1.82) is 0 Å². The number of aromatic hydroxyl groups is 1. The second-order valence-corrected chi connectivity index (χ2v) is 9.39. The number of aromatic carboxylic acids is 1. The van der Waals surface area contributed by atoms with Crippen LogP contribution >= 0.6 is 22.9 Å². The van der Waals surface area contributed by atoms with Gasteiger partial charge in [0.25, 0.3) is 10.0 Å². The smallest absolute Gasteiger partial charge is 0.339 e. The van der Waals surface area contributed by atoms with Crippen LogP contribution in [0.15, 0.2) is 53.0 Å². The number of carboxylic acid groups (broad SMARTS) is 1. The van der Waals surface area contributed by atoms with Crippen molar-refractivity contribution in [3.8, 4) is 16.9 Å².